The number of rotatable bonds is 4. The van der Waals surface area contributed by atoms with Crippen molar-refractivity contribution in [3.8, 4) is 0 Å². The number of anilines is 2. The lowest BCUT2D eigenvalue weighted by atomic mass is 9.73. The summed E-state index contributed by atoms with van der Waals surface area (Å²) in [5.41, 5.74) is 7.07. The number of carbonyl (C=O) groups is 1. The number of halogens is 1. The average Bonchev–Trinajstić information content (AvgIpc) is 2.47. The van der Waals surface area contributed by atoms with Crippen molar-refractivity contribution < 1.29 is 4.79 Å². The van der Waals surface area contributed by atoms with Crippen LogP contribution in [0.15, 0.2) is 18.2 Å². The average molecular weight is 310 g/mol. The van der Waals surface area contributed by atoms with Crippen molar-refractivity contribution in [1.29, 1.82) is 0 Å². The Morgan fingerprint density at radius 1 is 1.33 bits per heavy atom. The molecule has 0 spiro atoms. The molecule has 0 atom stereocenters. The maximum Gasteiger partial charge on any atom is 0.231 e. The minimum absolute atomic E-state index is 0.0232. The Morgan fingerprint density at radius 2 is 2.00 bits per heavy atom. The van der Waals surface area contributed by atoms with Crippen LogP contribution in [0.1, 0.15) is 32.1 Å². The summed E-state index contributed by atoms with van der Waals surface area (Å²) in [6, 6.07) is 5.55. The number of nitrogens with zero attached hydrogens (tertiary/aromatic N) is 1. The first kappa shape index (κ1) is 16.1. The quantitative estimate of drug-likeness (QED) is 0.897. The van der Waals surface area contributed by atoms with Crippen LogP contribution in [0.25, 0.3) is 0 Å². The summed E-state index contributed by atoms with van der Waals surface area (Å²) in [7, 11) is 3.83. The number of carbonyl (C=O) groups excluding carboxylic acids is 1. The molecular formula is C16H24ClN3O. The smallest absolute Gasteiger partial charge is 0.231 e. The molecule has 0 aliphatic heterocycles. The molecule has 5 heteroatoms. The van der Waals surface area contributed by atoms with E-state index in [0.717, 1.165) is 37.1 Å². The molecule has 1 amide bonds. The van der Waals surface area contributed by atoms with Gasteiger partial charge in [-0.15, -0.1) is 0 Å². The van der Waals surface area contributed by atoms with Crippen LogP contribution in [-0.2, 0) is 4.79 Å². The fourth-order valence-electron chi connectivity index (χ4n) is 3.08. The first-order valence-corrected chi connectivity index (χ1v) is 7.85. The van der Waals surface area contributed by atoms with E-state index in [1.807, 2.05) is 37.2 Å². The number of para-hydroxylation sites is 1. The third-order valence-corrected chi connectivity index (χ3v) is 4.67. The molecule has 0 unspecified atom stereocenters. The summed E-state index contributed by atoms with van der Waals surface area (Å²) in [6.45, 7) is 0.400. The lowest BCUT2D eigenvalue weighted by Gasteiger charge is -2.35. The van der Waals surface area contributed by atoms with Crippen LogP contribution in [0, 0.1) is 5.41 Å². The normalized spacial score (nSPS) is 17.3. The van der Waals surface area contributed by atoms with E-state index < -0.39 is 5.41 Å². The number of benzene rings is 1. The molecule has 2 rings (SSSR count). The molecule has 0 saturated heterocycles. The zero-order valence-electron chi connectivity index (χ0n) is 12.8. The predicted octanol–water partition coefficient (Wildman–Crippen LogP) is 3.25. The lowest BCUT2D eigenvalue weighted by molar-refractivity contribution is -0.126. The second-order valence-electron chi connectivity index (χ2n) is 6.03. The van der Waals surface area contributed by atoms with Gasteiger partial charge < -0.3 is 16.0 Å². The van der Waals surface area contributed by atoms with E-state index in [4.69, 9.17) is 17.3 Å². The van der Waals surface area contributed by atoms with Crippen LogP contribution in [0.5, 0.6) is 0 Å². The van der Waals surface area contributed by atoms with E-state index >= 15 is 0 Å². The molecule has 0 bridgehead atoms. The summed E-state index contributed by atoms with van der Waals surface area (Å²) in [6.07, 6.45) is 5.07. The Balaban J connectivity index is 2.25. The Bertz CT molecular complexity index is 510. The first-order chi connectivity index (χ1) is 10.00. The summed E-state index contributed by atoms with van der Waals surface area (Å²) < 4.78 is 0. The fraction of sp³-hybridized carbons (Fsp3) is 0.562. The topological polar surface area (TPSA) is 58.4 Å². The van der Waals surface area contributed by atoms with Crippen molar-refractivity contribution in [2.75, 3.05) is 30.9 Å². The summed E-state index contributed by atoms with van der Waals surface area (Å²) in [4.78, 5) is 14.7. The van der Waals surface area contributed by atoms with Gasteiger partial charge in [-0.25, -0.2) is 0 Å². The van der Waals surface area contributed by atoms with Gasteiger partial charge in [-0.2, -0.15) is 0 Å². The van der Waals surface area contributed by atoms with E-state index in [9.17, 15) is 4.79 Å². The largest absolute Gasteiger partial charge is 0.375 e. The number of nitrogens with two attached hydrogens (primary N) is 1. The van der Waals surface area contributed by atoms with Gasteiger partial charge in [0.15, 0.2) is 0 Å². The van der Waals surface area contributed by atoms with Crippen molar-refractivity contribution in [2.24, 2.45) is 11.1 Å². The zero-order chi connectivity index (χ0) is 15.5. The van der Waals surface area contributed by atoms with E-state index in [1.165, 1.54) is 6.42 Å². The maximum absolute atomic E-state index is 12.8. The molecule has 1 aliphatic rings. The van der Waals surface area contributed by atoms with E-state index in [2.05, 4.69) is 5.32 Å². The van der Waals surface area contributed by atoms with Crippen molar-refractivity contribution in [1.82, 2.24) is 0 Å². The summed E-state index contributed by atoms with van der Waals surface area (Å²) in [5, 5.41) is 3.68. The molecule has 1 aliphatic carbocycles. The van der Waals surface area contributed by atoms with Gasteiger partial charge in [0.2, 0.25) is 5.91 Å². The monoisotopic (exact) mass is 309 g/mol. The van der Waals surface area contributed by atoms with E-state index in [1.54, 1.807) is 0 Å². The first-order valence-electron chi connectivity index (χ1n) is 7.47. The summed E-state index contributed by atoms with van der Waals surface area (Å²) in [5.74, 6) is 0.0232. The molecule has 0 aromatic heterocycles. The molecule has 0 radical (unpaired) electrons. The van der Waals surface area contributed by atoms with Gasteiger partial charge in [0.1, 0.15) is 0 Å². The minimum atomic E-state index is -0.426. The molecular weight excluding hydrogens is 286 g/mol. The van der Waals surface area contributed by atoms with Gasteiger partial charge in [-0.3, -0.25) is 4.79 Å². The highest BCUT2D eigenvalue weighted by molar-refractivity contribution is 6.34. The number of hydrogen-bond acceptors (Lipinski definition) is 3. The molecule has 4 nitrogen and oxygen atoms in total. The van der Waals surface area contributed by atoms with Gasteiger partial charge in [0, 0.05) is 20.6 Å². The molecule has 3 N–H and O–H groups in total. The second kappa shape index (κ2) is 6.67. The Morgan fingerprint density at radius 3 is 2.57 bits per heavy atom. The van der Waals surface area contributed by atoms with Crippen molar-refractivity contribution in [2.45, 2.75) is 32.1 Å². The Kier molecular flexibility index (Phi) is 5.12. The van der Waals surface area contributed by atoms with E-state index in [0.29, 0.717) is 11.6 Å². The highest BCUT2D eigenvalue weighted by Crippen LogP contribution is 2.38. The molecule has 21 heavy (non-hydrogen) atoms. The van der Waals surface area contributed by atoms with Crippen LogP contribution < -0.4 is 16.0 Å². The molecule has 1 fully saturated rings. The summed E-state index contributed by atoms with van der Waals surface area (Å²) >= 11 is 6.24. The maximum atomic E-state index is 12.8. The third-order valence-electron chi connectivity index (χ3n) is 4.37. The molecule has 0 heterocycles. The van der Waals surface area contributed by atoms with Gasteiger partial charge in [0.05, 0.1) is 21.8 Å². The van der Waals surface area contributed by atoms with Gasteiger partial charge >= 0.3 is 0 Å². The van der Waals surface area contributed by atoms with Crippen LogP contribution in [0.2, 0.25) is 5.02 Å². The molecule has 1 saturated carbocycles. The lowest BCUT2D eigenvalue weighted by Crippen LogP contribution is -2.44. The highest BCUT2D eigenvalue weighted by atomic mass is 35.5. The van der Waals surface area contributed by atoms with Crippen LogP contribution in [-0.4, -0.2) is 26.5 Å². The van der Waals surface area contributed by atoms with E-state index in [-0.39, 0.29) is 5.91 Å². The molecule has 1 aromatic carbocycles. The Labute approximate surface area is 131 Å². The van der Waals surface area contributed by atoms with Crippen LogP contribution >= 0.6 is 11.6 Å². The Hall–Kier alpha value is -1.26. The van der Waals surface area contributed by atoms with Crippen molar-refractivity contribution in [3.05, 3.63) is 23.2 Å². The zero-order valence-corrected chi connectivity index (χ0v) is 13.5. The number of nitrogens with one attached hydrogen (secondary N) is 1. The molecule has 1 aromatic rings. The predicted molar refractivity (Wildman–Crippen MR) is 89.0 cm³/mol. The van der Waals surface area contributed by atoms with Gasteiger partial charge in [-0.1, -0.05) is 36.9 Å². The third kappa shape index (κ3) is 3.33. The number of hydrogen-bond donors (Lipinski definition) is 2. The SMILES string of the molecule is CN(C)c1c(Cl)cccc1NC(=O)C1(CN)CCCCC1. The van der Waals surface area contributed by atoms with Crippen molar-refractivity contribution in [3.63, 3.8) is 0 Å². The van der Waals surface area contributed by atoms with Crippen molar-refractivity contribution >= 4 is 28.9 Å². The minimum Gasteiger partial charge on any atom is -0.375 e. The van der Waals surface area contributed by atoms with Crippen LogP contribution in [0.4, 0.5) is 11.4 Å². The fourth-order valence-corrected chi connectivity index (χ4v) is 3.42. The number of amides is 1. The van der Waals surface area contributed by atoms with Gasteiger partial charge in [0.25, 0.3) is 0 Å². The standard InChI is InChI=1S/C16H24ClN3O/c1-20(2)14-12(17)7-6-8-13(14)19-15(21)16(11-18)9-4-3-5-10-16/h6-8H,3-5,9-11,18H2,1-2H3,(H,19,21). The van der Waals surface area contributed by atoms with Crippen LogP contribution in [0.3, 0.4) is 0 Å². The highest BCUT2D eigenvalue weighted by Gasteiger charge is 2.38. The molecule has 116 valence electrons. The van der Waals surface area contributed by atoms with Gasteiger partial charge in [-0.05, 0) is 25.0 Å². The second-order valence-corrected chi connectivity index (χ2v) is 6.44.